The van der Waals surface area contributed by atoms with Crippen LogP contribution in [0.25, 0.3) is 10.9 Å². The van der Waals surface area contributed by atoms with Gasteiger partial charge >= 0.3 is 5.97 Å². The average molecular weight is 257 g/mol. The molecule has 0 atom stereocenters. The molecule has 0 radical (unpaired) electrons. The third-order valence-corrected chi connectivity index (χ3v) is 3.79. The molecule has 3 nitrogen and oxygen atoms in total. The van der Waals surface area contributed by atoms with Crippen molar-refractivity contribution in [3.63, 3.8) is 0 Å². The Bertz CT molecular complexity index is 698. The lowest BCUT2D eigenvalue weighted by atomic mass is 10.1. The van der Waals surface area contributed by atoms with E-state index in [1.165, 1.54) is 4.88 Å². The summed E-state index contributed by atoms with van der Waals surface area (Å²) in [6.07, 6.45) is 1.94. The van der Waals surface area contributed by atoms with Crippen LogP contribution >= 0.6 is 11.3 Å². The predicted molar refractivity (Wildman–Crippen MR) is 72.3 cm³/mol. The smallest absolute Gasteiger partial charge is 0.337 e. The van der Waals surface area contributed by atoms with Crippen molar-refractivity contribution < 1.29 is 9.90 Å². The summed E-state index contributed by atoms with van der Waals surface area (Å²) in [6, 6.07) is 11.4. The van der Waals surface area contributed by atoms with Crippen molar-refractivity contribution >= 4 is 28.2 Å². The Hall–Kier alpha value is -2.07. The molecule has 0 fully saturated rings. The minimum atomic E-state index is -0.883. The zero-order valence-corrected chi connectivity index (χ0v) is 10.4. The topological polar surface area (TPSA) is 42.2 Å². The van der Waals surface area contributed by atoms with Gasteiger partial charge in [0.15, 0.2) is 0 Å². The maximum atomic E-state index is 11.3. The fraction of sp³-hybridized carbons (Fsp3) is 0.0714. The van der Waals surface area contributed by atoms with Gasteiger partial charge in [0.05, 0.1) is 17.6 Å². The van der Waals surface area contributed by atoms with Gasteiger partial charge in [-0.2, -0.15) is 0 Å². The average Bonchev–Trinajstić information content (AvgIpc) is 2.99. The molecule has 0 saturated carbocycles. The van der Waals surface area contributed by atoms with Crippen molar-refractivity contribution in [3.05, 3.63) is 58.4 Å². The van der Waals surface area contributed by atoms with Gasteiger partial charge in [0.1, 0.15) is 0 Å². The van der Waals surface area contributed by atoms with Crippen molar-refractivity contribution in [1.29, 1.82) is 0 Å². The monoisotopic (exact) mass is 257 g/mol. The molecule has 0 spiro atoms. The van der Waals surface area contributed by atoms with Gasteiger partial charge in [0.2, 0.25) is 0 Å². The number of aromatic carboxylic acids is 1. The summed E-state index contributed by atoms with van der Waals surface area (Å²) in [5.41, 5.74) is 1.15. The molecular formula is C14H11NO2S. The molecule has 2 heterocycles. The third-order valence-electron chi connectivity index (χ3n) is 2.93. The fourth-order valence-corrected chi connectivity index (χ4v) is 2.84. The molecule has 0 unspecified atom stereocenters. The van der Waals surface area contributed by atoms with Crippen LogP contribution in [0.2, 0.25) is 0 Å². The van der Waals surface area contributed by atoms with Gasteiger partial charge in [-0.3, -0.25) is 0 Å². The molecule has 0 bridgehead atoms. The minimum Gasteiger partial charge on any atom is -0.478 e. The van der Waals surface area contributed by atoms with Crippen LogP contribution in [0.5, 0.6) is 0 Å². The normalized spacial score (nSPS) is 10.9. The summed E-state index contributed by atoms with van der Waals surface area (Å²) in [4.78, 5) is 12.5. The number of rotatable bonds is 3. The van der Waals surface area contributed by atoms with Gasteiger partial charge in [-0.1, -0.05) is 18.2 Å². The number of aromatic nitrogens is 1. The second kappa shape index (κ2) is 4.31. The first-order valence-corrected chi connectivity index (χ1v) is 6.47. The first kappa shape index (κ1) is 11.0. The summed E-state index contributed by atoms with van der Waals surface area (Å²) < 4.78 is 1.99. The van der Waals surface area contributed by atoms with Crippen LogP contribution < -0.4 is 0 Å². The van der Waals surface area contributed by atoms with Crippen LogP contribution in [0.4, 0.5) is 0 Å². The number of hydrogen-bond acceptors (Lipinski definition) is 2. The van der Waals surface area contributed by atoms with Crippen LogP contribution in [0.15, 0.2) is 48.0 Å². The van der Waals surface area contributed by atoms with E-state index in [2.05, 4.69) is 6.07 Å². The molecule has 0 aliphatic rings. The Morgan fingerprint density at radius 1 is 1.22 bits per heavy atom. The molecule has 0 aliphatic heterocycles. The highest BCUT2D eigenvalue weighted by atomic mass is 32.1. The minimum absolute atomic E-state index is 0.356. The summed E-state index contributed by atoms with van der Waals surface area (Å²) in [6.45, 7) is 0.714. The molecule has 0 amide bonds. The molecule has 3 rings (SSSR count). The van der Waals surface area contributed by atoms with Gasteiger partial charge in [0.25, 0.3) is 0 Å². The second-order valence-electron chi connectivity index (χ2n) is 4.07. The van der Waals surface area contributed by atoms with Crippen molar-refractivity contribution in [2.45, 2.75) is 6.54 Å². The van der Waals surface area contributed by atoms with Gasteiger partial charge in [-0.05, 0) is 23.6 Å². The van der Waals surface area contributed by atoms with Crippen LogP contribution in [-0.4, -0.2) is 15.6 Å². The molecule has 1 aromatic carbocycles. The molecule has 18 heavy (non-hydrogen) atoms. The van der Waals surface area contributed by atoms with E-state index in [4.69, 9.17) is 0 Å². The SMILES string of the molecule is O=C(O)c1cccc2ccn(Cc3cccs3)c12. The van der Waals surface area contributed by atoms with E-state index in [0.29, 0.717) is 12.1 Å². The molecule has 4 heteroatoms. The first-order valence-electron chi connectivity index (χ1n) is 5.59. The first-order chi connectivity index (χ1) is 8.75. The summed E-state index contributed by atoms with van der Waals surface area (Å²) in [5.74, 6) is -0.883. The second-order valence-corrected chi connectivity index (χ2v) is 5.10. The van der Waals surface area contributed by atoms with Gasteiger partial charge < -0.3 is 9.67 Å². The molecule has 2 aromatic heterocycles. The molecule has 0 aliphatic carbocycles. The third kappa shape index (κ3) is 1.80. The lowest BCUT2D eigenvalue weighted by molar-refractivity contribution is 0.0698. The highest BCUT2D eigenvalue weighted by Gasteiger charge is 2.12. The Labute approximate surface area is 108 Å². The highest BCUT2D eigenvalue weighted by Crippen LogP contribution is 2.22. The van der Waals surface area contributed by atoms with E-state index in [0.717, 1.165) is 10.9 Å². The lowest BCUT2D eigenvalue weighted by Gasteiger charge is -2.06. The molecule has 1 N–H and O–H groups in total. The summed E-state index contributed by atoms with van der Waals surface area (Å²) >= 11 is 1.68. The van der Waals surface area contributed by atoms with Crippen LogP contribution in [0.1, 0.15) is 15.2 Å². The number of fused-ring (bicyclic) bond motifs is 1. The van der Waals surface area contributed by atoms with Gasteiger partial charge in [-0.15, -0.1) is 11.3 Å². The zero-order valence-electron chi connectivity index (χ0n) is 9.54. The fourth-order valence-electron chi connectivity index (χ4n) is 2.14. The molecule has 3 aromatic rings. The Morgan fingerprint density at radius 3 is 2.83 bits per heavy atom. The number of carboxylic acid groups (broad SMARTS) is 1. The largest absolute Gasteiger partial charge is 0.478 e. The van der Waals surface area contributed by atoms with Crippen LogP contribution in [0.3, 0.4) is 0 Å². The van der Waals surface area contributed by atoms with E-state index in [1.54, 1.807) is 23.5 Å². The van der Waals surface area contributed by atoms with Crippen molar-refractivity contribution in [1.82, 2.24) is 4.57 Å². The summed E-state index contributed by atoms with van der Waals surface area (Å²) in [7, 11) is 0. The number of benzene rings is 1. The molecule has 90 valence electrons. The Balaban J connectivity index is 2.15. The van der Waals surface area contributed by atoms with E-state index in [9.17, 15) is 9.90 Å². The molecular weight excluding hydrogens is 246 g/mol. The number of hydrogen-bond donors (Lipinski definition) is 1. The van der Waals surface area contributed by atoms with E-state index in [1.807, 2.05) is 34.3 Å². The number of carboxylic acids is 1. The van der Waals surface area contributed by atoms with Crippen molar-refractivity contribution in [3.8, 4) is 0 Å². The predicted octanol–water partition coefficient (Wildman–Crippen LogP) is 3.45. The maximum absolute atomic E-state index is 11.3. The Morgan fingerprint density at radius 2 is 2.11 bits per heavy atom. The lowest BCUT2D eigenvalue weighted by Crippen LogP contribution is -2.03. The maximum Gasteiger partial charge on any atom is 0.337 e. The Kier molecular flexibility index (Phi) is 2.64. The number of para-hydroxylation sites is 1. The number of thiophene rings is 1. The quantitative estimate of drug-likeness (QED) is 0.780. The zero-order chi connectivity index (χ0) is 12.5. The van der Waals surface area contributed by atoms with E-state index in [-0.39, 0.29) is 0 Å². The standard InChI is InChI=1S/C14H11NO2S/c16-14(17)12-5-1-3-10-6-7-15(13(10)12)9-11-4-2-8-18-11/h1-8H,9H2,(H,16,17). The van der Waals surface area contributed by atoms with E-state index >= 15 is 0 Å². The number of nitrogens with zero attached hydrogens (tertiary/aromatic N) is 1. The van der Waals surface area contributed by atoms with Crippen molar-refractivity contribution in [2.75, 3.05) is 0 Å². The van der Waals surface area contributed by atoms with E-state index < -0.39 is 5.97 Å². The van der Waals surface area contributed by atoms with Gasteiger partial charge in [0, 0.05) is 16.5 Å². The number of carbonyl (C=O) groups is 1. The molecule has 0 saturated heterocycles. The highest BCUT2D eigenvalue weighted by molar-refractivity contribution is 7.09. The van der Waals surface area contributed by atoms with Crippen LogP contribution in [0, 0.1) is 0 Å². The van der Waals surface area contributed by atoms with Gasteiger partial charge in [-0.25, -0.2) is 4.79 Å². The summed E-state index contributed by atoms with van der Waals surface area (Å²) in [5, 5.41) is 12.2. The van der Waals surface area contributed by atoms with Crippen LogP contribution in [-0.2, 0) is 6.54 Å². The van der Waals surface area contributed by atoms with Crippen molar-refractivity contribution in [2.24, 2.45) is 0 Å².